The quantitative estimate of drug-likeness (QED) is 0.894. The number of primary amides is 1. The fourth-order valence-corrected chi connectivity index (χ4v) is 5.51. The Morgan fingerprint density at radius 3 is 2.29 bits per heavy atom. The molecule has 6 rings (SSSR count). The molecular formula is C24H29N3O. The van der Waals surface area contributed by atoms with Crippen LogP contribution in [0.4, 0.5) is 0 Å². The number of piperidine rings is 1. The van der Waals surface area contributed by atoms with Crippen molar-refractivity contribution in [1.82, 2.24) is 9.80 Å². The molecule has 2 atom stereocenters. The van der Waals surface area contributed by atoms with Gasteiger partial charge in [0, 0.05) is 43.8 Å². The SMILES string of the molecule is NC(=O)c1ccc(CN2C[C@H]3CC[C@@H]2CN(C2Cc4ccccc4C2)C3)cc1. The normalized spacial score (nSPS) is 25.6. The lowest BCUT2D eigenvalue weighted by atomic mass is 9.94. The molecule has 0 aromatic heterocycles. The second-order valence-corrected chi connectivity index (χ2v) is 8.87. The number of nitrogens with two attached hydrogens (primary N) is 1. The highest BCUT2D eigenvalue weighted by atomic mass is 16.1. The van der Waals surface area contributed by atoms with Gasteiger partial charge in [-0.1, -0.05) is 36.4 Å². The maximum absolute atomic E-state index is 11.3. The van der Waals surface area contributed by atoms with Crippen molar-refractivity contribution in [2.24, 2.45) is 11.7 Å². The van der Waals surface area contributed by atoms with E-state index in [9.17, 15) is 4.79 Å². The van der Waals surface area contributed by atoms with Crippen LogP contribution in [0, 0.1) is 5.92 Å². The van der Waals surface area contributed by atoms with Crippen LogP contribution in [0.2, 0.25) is 0 Å². The minimum absolute atomic E-state index is 0.353. The number of carbonyl (C=O) groups excluding carboxylic acids is 1. The van der Waals surface area contributed by atoms with Crippen molar-refractivity contribution >= 4 is 5.91 Å². The van der Waals surface area contributed by atoms with Gasteiger partial charge in [0.05, 0.1) is 0 Å². The Morgan fingerprint density at radius 2 is 1.61 bits per heavy atom. The standard InChI is InChI=1S/C24H29N3O/c25-24(28)19-8-5-17(6-9-19)13-26-14-18-7-10-22(26)16-27(15-18)23-11-20-3-1-2-4-21(20)12-23/h1-6,8-9,18,22-23H,7,10-16H2,(H2,25,28)/t18-,22-/m1/s1. The van der Waals surface area contributed by atoms with Crippen molar-refractivity contribution < 1.29 is 4.79 Å². The molecule has 1 aliphatic carbocycles. The number of amides is 1. The van der Waals surface area contributed by atoms with Crippen LogP contribution in [-0.4, -0.2) is 47.4 Å². The van der Waals surface area contributed by atoms with Gasteiger partial charge in [-0.25, -0.2) is 0 Å². The summed E-state index contributed by atoms with van der Waals surface area (Å²) >= 11 is 0. The third-order valence-corrected chi connectivity index (χ3v) is 7.03. The van der Waals surface area contributed by atoms with E-state index in [-0.39, 0.29) is 5.91 Å². The molecule has 0 unspecified atom stereocenters. The maximum Gasteiger partial charge on any atom is 0.248 e. The molecule has 0 radical (unpaired) electrons. The molecule has 3 saturated heterocycles. The summed E-state index contributed by atoms with van der Waals surface area (Å²) in [7, 11) is 0. The summed E-state index contributed by atoms with van der Waals surface area (Å²) in [5, 5.41) is 0. The smallest absolute Gasteiger partial charge is 0.248 e. The van der Waals surface area contributed by atoms with Crippen molar-refractivity contribution in [3.8, 4) is 0 Å². The van der Waals surface area contributed by atoms with Gasteiger partial charge in [-0.05, 0) is 60.4 Å². The molecule has 28 heavy (non-hydrogen) atoms. The lowest BCUT2D eigenvalue weighted by Gasteiger charge is -2.36. The minimum atomic E-state index is -0.353. The van der Waals surface area contributed by atoms with E-state index < -0.39 is 0 Å². The maximum atomic E-state index is 11.3. The van der Waals surface area contributed by atoms with Gasteiger partial charge in [0.15, 0.2) is 0 Å². The molecule has 1 amide bonds. The first kappa shape index (κ1) is 17.9. The van der Waals surface area contributed by atoms with Crippen LogP contribution in [0.1, 0.15) is 39.9 Å². The van der Waals surface area contributed by atoms with Crippen molar-refractivity contribution in [1.29, 1.82) is 0 Å². The predicted molar refractivity (Wildman–Crippen MR) is 111 cm³/mol. The molecule has 3 fully saturated rings. The molecule has 2 aromatic carbocycles. The Bertz CT molecular complexity index is 837. The van der Waals surface area contributed by atoms with Crippen molar-refractivity contribution in [3.05, 3.63) is 70.8 Å². The third kappa shape index (κ3) is 3.47. The molecule has 146 valence electrons. The Labute approximate surface area is 167 Å². The first-order valence-electron chi connectivity index (χ1n) is 10.6. The van der Waals surface area contributed by atoms with E-state index in [0.29, 0.717) is 17.6 Å². The second kappa shape index (κ2) is 7.34. The van der Waals surface area contributed by atoms with Crippen molar-refractivity contribution in [3.63, 3.8) is 0 Å². The van der Waals surface area contributed by atoms with Crippen LogP contribution in [0.5, 0.6) is 0 Å². The summed E-state index contributed by atoms with van der Waals surface area (Å²) in [6.07, 6.45) is 5.09. The summed E-state index contributed by atoms with van der Waals surface area (Å²) in [4.78, 5) is 16.8. The summed E-state index contributed by atoms with van der Waals surface area (Å²) in [6, 6.07) is 18.1. The average molecular weight is 376 g/mol. The second-order valence-electron chi connectivity index (χ2n) is 8.87. The van der Waals surface area contributed by atoms with Crippen LogP contribution in [0.3, 0.4) is 0 Å². The van der Waals surface area contributed by atoms with Gasteiger partial charge in [-0.3, -0.25) is 14.6 Å². The number of nitrogens with zero attached hydrogens (tertiary/aromatic N) is 2. The Balaban J connectivity index is 1.27. The van der Waals surface area contributed by atoms with E-state index in [0.717, 1.165) is 12.5 Å². The van der Waals surface area contributed by atoms with E-state index in [1.807, 2.05) is 12.1 Å². The molecule has 2 aromatic rings. The molecule has 2 bridgehead atoms. The van der Waals surface area contributed by atoms with E-state index >= 15 is 0 Å². The molecule has 4 aliphatic rings. The molecule has 4 nitrogen and oxygen atoms in total. The van der Waals surface area contributed by atoms with E-state index in [4.69, 9.17) is 5.73 Å². The number of fused-ring (bicyclic) bond motifs is 5. The zero-order chi connectivity index (χ0) is 19.1. The largest absolute Gasteiger partial charge is 0.366 e. The first-order chi connectivity index (χ1) is 13.7. The van der Waals surface area contributed by atoms with Gasteiger partial charge >= 0.3 is 0 Å². The fraction of sp³-hybridized carbons (Fsp3) is 0.458. The predicted octanol–water partition coefficient (Wildman–Crippen LogP) is 2.85. The molecule has 4 heteroatoms. The highest BCUT2D eigenvalue weighted by Crippen LogP contribution is 2.33. The molecule has 0 spiro atoms. The molecule has 2 N–H and O–H groups in total. The zero-order valence-corrected chi connectivity index (χ0v) is 16.4. The van der Waals surface area contributed by atoms with Gasteiger partial charge in [-0.15, -0.1) is 0 Å². The first-order valence-corrected chi connectivity index (χ1v) is 10.6. The van der Waals surface area contributed by atoms with Crippen LogP contribution in [0.25, 0.3) is 0 Å². The highest BCUT2D eigenvalue weighted by Gasteiger charge is 2.38. The number of carbonyl (C=O) groups is 1. The number of benzene rings is 2. The molecule has 3 heterocycles. The molecular weight excluding hydrogens is 346 g/mol. The summed E-state index contributed by atoms with van der Waals surface area (Å²) in [5.74, 6) is 0.418. The summed E-state index contributed by atoms with van der Waals surface area (Å²) in [6.45, 7) is 4.60. The van der Waals surface area contributed by atoms with Gasteiger partial charge < -0.3 is 5.73 Å². The molecule has 3 aliphatic heterocycles. The van der Waals surface area contributed by atoms with Crippen LogP contribution in [-0.2, 0) is 19.4 Å². The van der Waals surface area contributed by atoms with Crippen molar-refractivity contribution in [2.75, 3.05) is 19.6 Å². The van der Waals surface area contributed by atoms with E-state index in [2.05, 4.69) is 46.2 Å². The topological polar surface area (TPSA) is 49.6 Å². The number of hydrogen-bond donors (Lipinski definition) is 1. The van der Waals surface area contributed by atoms with Crippen LogP contribution >= 0.6 is 0 Å². The number of hydrogen-bond acceptors (Lipinski definition) is 3. The van der Waals surface area contributed by atoms with E-state index in [1.54, 1.807) is 11.1 Å². The Kier molecular flexibility index (Phi) is 4.69. The van der Waals surface area contributed by atoms with Crippen molar-refractivity contribution in [2.45, 2.75) is 44.3 Å². The third-order valence-electron chi connectivity index (χ3n) is 7.03. The Morgan fingerprint density at radius 1 is 0.893 bits per heavy atom. The van der Waals surface area contributed by atoms with Gasteiger partial charge in [0.1, 0.15) is 0 Å². The van der Waals surface area contributed by atoms with E-state index in [1.165, 1.54) is 50.9 Å². The summed E-state index contributed by atoms with van der Waals surface area (Å²) < 4.78 is 0. The number of rotatable bonds is 4. The molecule has 0 saturated carbocycles. The minimum Gasteiger partial charge on any atom is -0.366 e. The van der Waals surface area contributed by atoms with Gasteiger partial charge in [0.25, 0.3) is 0 Å². The van der Waals surface area contributed by atoms with Crippen LogP contribution < -0.4 is 5.73 Å². The lowest BCUT2D eigenvalue weighted by molar-refractivity contribution is 0.1000. The Hall–Kier alpha value is -2.17. The summed E-state index contributed by atoms with van der Waals surface area (Å²) in [5.41, 5.74) is 10.3. The zero-order valence-electron chi connectivity index (χ0n) is 16.4. The van der Waals surface area contributed by atoms with Gasteiger partial charge in [0.2, 0.25) is 5.91 Å². The van der Waals surface area contributed by atoms with Gasteiger partial charge in [-0.2, -0.15) is 0 Å². The highest BCUT2D eigenvalue weighted by molar-refractivity contribution is 5.92. The monoisotopic (exact) mass is 375 g/mol. The van der Waals surface area contributed by atoms with Crippen LogP contribution in [0.15, 0.2) is 48.5 Å². The average Bonchev–Trinajstić information content (AvgIpc) is 2.93. The lowest BCUT2D eigenvalue weighted by Crippen LogP contribution is -2.44. The fourth-order valence-electron chi connectivity index (χ4n) is 5.51.